The highest BCUT2D eigenvalue weighted by atomic mass is 16.6. The van der Waals surface area contributed by atoms with Crippen molar-refractivity contribution >= 4 is 35.6 Å². The maximum Gasteiger partial charge on any atom is 0.338 e. The Morgan fingerprint density at radius 2 is 1.39 bits per heavy atom. The van der Waals surface area contributed by atoms with Gasteiger partial charge in [0.25, 0.3) is 5.91 Å². The van der Waals surface area contributed by atoms with Crippen LogP contribution in [0.25, 0.3) is 0 Å². The molecule has 11 atom stereocenters. The van der Waals surface area contributed by atoms with E-state index >= 15 is 4.79 Å². The van der Waals surface area contributed by atoms with Crippen LogP contribution in [0, 0.1) is 22.7 Å². The van der Waals surface area contributed by atoms with Gasteiger partial charge >= 0.3 is 23.9 Å². The van der Waals surface area contributed by atoms with E-state index in [-0.39, 0.29) is 30.6 Å². The van der Waals surface area contributed by atoms with E-state index in [1.807, 2.05) is 0 Å². The lowest BCUT2D eigenvalue weighted by Gasteiger charge is -2.66. The molecule has 1 saturated heterocycles. The van der Waals surface area contributed by atoms with Gasteiger partial charge in [0.1, 0.15) is 18.3 Å². The van der Waals surface area contributed by atoms with Gasteiger partial charge in [-0.25, -0.2) is 9.59 Å². The molecule has 0 spiro atoms. The van der Waals surface area contributed by atoms with E-state index in [4.69, 9.17) is 23.7 Å². The molecule has 1 amide bonds. The number of Topliss-reactive ketones (excluding diaryl/α,β-unsaturated/α-hetero) is 1. The molecule has 3 aromatic rings. The van der Waals surface area contributed by atoms with Gasteiger partial charge < -0.3 is 39.2 Å². The zero-order valence-electron chi connectivity index (χ0n) is 34.9. The lowest BCUT2D eigenvalue weighted by Crippen LogP contribution is -2.79. The third-order valence-corrected chi connectivity index (χ3v) is 13.3. The van der Waals surface area contributed by atoms with Crippen molar-refractivity contribution in [2.75, 3.05) is 6.61 Å². The number of amides is 1. The van der Waals surface area contributed by atoms with Crippen LogP contribution in [0.1, 0.15) is 86.7 Å². The van der Waals surface area contributed by atoms with Crippen molar-refractivity contribution in [3.8, 4) is 0 Å². The first-order valence-corrected chi connectivity index (χ1v) is 20.4. The predicted octanol–water partition coefficient (Wildman–Crippen LogP) is 4.62. The van der Waals surface area contributed by atoms with Gasteiger partial charge in [0, 0.05) is 31.7 Å². The highest BCUT2D eigenvalue weighted by molar-refractivity contribution is 5.96. The Morgan fingerprint density at radius 3 is 1.95 bits per heavy atom. The van der Waals surface area contributed by atoms with Crippen LogP contribution in [0.15, 0.2) is 102 Å². The third kappa shape index (κ3) is 7.65. The second-order valence-electron chi connectivity index (χ2n) is 17.2. The van der Waals surface area contributed by atoms with E-state index in [1.54, 1.807) is 112 Å². The Kier molecular flexibility index (Phi) is 11.8. The molecule has 322 valence electrons. The minimum Gasteiger partial charge on any atom is -0.458 e. The second-order valence-corrected chi connectivity index (χ2v) is 17.2. The standard InChI is InChI=1S/C47H51NO13/c1-25-32(59-44(56)37(52)36(28-16-10-7-11-17-28)48-42(54)29-18-12-8-13-19-29)22-31-38(60-43(55)30-20-14-9-15-21-30)40-46(6,33(51)23-34-47(40,24-57-34)61-27(3)50)41(53)39(58-26(2)49)35(25)45(31,4)5/h7-21,31-34,36-40,51-52H,22-24H2,1-6H3,(H,48,54)/t31?,32-,33-,34+,36-,37+,38+,39+,40?,46+,47-/m0/s1. The molecule has 1 aliphatic heterocycles. The number of fused-ring (bicyclic) bond motifs is 5. The van der Waals surface area contributed by atoms with Gasteiger partial charge in [-0.15, -0.1) is 0 Å². The van der Waals surface area contributed by atoms with E-state index < -0.39 is 107 Å². The summed E-state index contributed by atoms with van der Waals surface area (Å²) in [6.07, 6.45) is -8.64. The molecule has 14 heteroatoms. The average Bonchev–Trinajstić information content (AvgIpc) is 3.23. The predicted molar refractivity (Wildman–Crippen MR) is 216 cm³/mol. The number of carbonyl (C=O) groups is 6. The third-order valence-electron chi connectivity index (χ3n) is 13.3. The fraction of sp³-hybridized carbons (Fsp3) is 0.447. The fourth-order valence-corrected chi connectivity index (χ4v) is 10.3. The summed E-state index contributed by atoms with van der Waals surface area (Å²) >= 11 is 0. The van der Waals surface area contributed by atoms with Crippen LogP contribution in [0.5, 0.6) is 0 Å². The molecule has 2 saturated carbocycles. The van der Waals surface area contributed by atoms with Crippen LogP contribution in [0.4, 0.5) is 0 Å². The lowest BCUT2D eigenvalue weighted by molar-refractivity contribution is -0.335. The number of aliphatic hydroxyl groups is 2. The van der Waals surface area contributed by atoms with E-state index in [9.17, 15) is 34.2 Å². The molecule has 0 aromatic heterocycles. The number of hydrogen-bond donors (Lipinski definition) is 3. The summed E-state index contributed by atoms with van der Waals surface area (Å²) in [6.45, 7) is 8.91. The van der Waals surface area contributed by atoms with Gasteiger partial charge in [-0.1, -0.05) is 80.6 Å². The maximum atomic E-state index is 15.5. The number of esters is 4. The Hall–Kier alpha value is -5.70. The molecule has 3 N–H and O–H groups in total. The van der Waals surface area contributed by atoms with Gasteiger partial charge in [-0.3, -0.25) is 19.2 Å². The number of nitrogens with one attached hydrogen (secondary N) is 1. The van der Waals surface area contributed by atoms with Gasteiger partial charge in [0.15, 0.2) is 23.6 Å². The number of carbonyl (C=O) groups excluding carboxylic acids is 6. The summed E-state index contributed by atoms with van der Waals surface area (Å²) in [5, 5.41) is 26.6. The molecular weight excluding hydrogens is 787 g/mol. The van der Waals surface area contributed by atoms with Gasteiger partial charge in [0.2, 0.25) is 0 Å². The van der Waals surface area contributed by atoms with E-state index in [1.165, 1.54) is 13.8 Å². The molecule has 61 heavy (non-hydrogen) atoms. The fourth-order valence-electron chi connectivity index (χ4n) is 10.3. The summed E-state index contributed by atoms with van der Waals surface area (Å²) in [5.41, 5.74) is -3.12. The Bertz CT molecular complexity index is 2230. The summed E-state index contributed by atoms with van der Waals surface area (Å²) < 4.78 is 30.7. The summed E-state index contributed by atoms with van der Waals surface area (Å²) in [6, 6.07) is 23.6. The number of rotatable bonds is 10. The highest BCUT2D eigenvalue weighted by Gasteiger charge is 2.75. The van der Waals surface area contributed by atoms with Crippen molar-refractivity contribution in [2.24, 2.45) is 22.7 Å². The van der Waals surface area contributed by atoms with Crippen molar-refractivity contribution < 1.29 is 62.7 Å². The second kappa shape index (κ2) is 16.6. The largest absolute Gasteiger partial charge is 0.458 e. The number of aliphatic hydroxyl groups excluding tert-OH is 2. The number of ketones is 1. The zero-order chi connectivity index (χ0) is 44.0. The van der Waals surface area contributed by atoms with Crippen molar-refractivity contribution in [2.45, 2.75) is 103 Å². The number of benzene rings is 3. The van der Waals surface area contributed by atoms with Gasteiger partial charge in [-0.2, -0.15) is 0 Å². The minimum absolute atomic E-state index is 0.0642. The van der Waals surface area contributed by atoms with Crippen LogP contribution < -0.4 is 5.32 Å². The lowest BCUT2D eigenvalue weighted by atomic mass is 9.46. The van der Waals surface area contributed by atoms with Crippen LogP contribution in [-0.2, 0) is 42.9 Å². The number of ether oxygens (including phenoxy) is 5. The Morgan fingerprint density at radius 1 is 0.803 bits per heavy atom. The molecule has 7 rings (SSSR count). The number of hydrogen-bond acceptors (Lipinski definition) is 13. The molecule has 3 aromatic carbocycles. The molecule has 2 unspecified atom stereocenters. The first kappa shape index (κ1) is 43.4. The topological polar surface area (TPSA) is 201 Å². The van der Waals surface area contributed by atoms with Crippen molar-refractivity contribution in [1.29, 1.82) is 0 Å². The maximum absolute atomic E-state index is 15.5. The molecule has 1 heterocycles. The quantitative estimate of drug-likeness (QED) is 0.145. The highest BCUT2D eigenvalue weighted by Crippen LogP contribution is 2.63. The van der Waals surface area contributed by atoms with E-state index in [0.29, 0.717) is 16.7 Å². The van der Waals surface area contributed by atoms with Crippen molar-refractivity contribution in [3.05, 3.63) is 119 Å². The normalized spacial score (nSPS) is 31.0. The summed E-state index contributed by atoms with van der Waals surface area (Å²) in [4.78, 5) is 83.3. The molecule has 14 nitrogen and oxygen atoms in total. The molecular formula is C47H51NO13. The SMILES string of the molecule is CC(=O)O[C@H]1C(=O)[C@@]2(C)C([C@H](OC(=O)c3ccccc3)C3C[C@H](OC(=O)[C@H](O)[C@@H](NC(=O)c4ccccc4)c4ccccc4)C(C)=C1C3(C)C)[C@]1(OC(C)=O)CO[C@@H]1C[C@@H]2O. The minimum atomic E-state index is -1.94. The van der Waals surface area contributed by atoms with Crippen molar-refractivity contribution in [3.63, 3.8) is 0 Å². The Balaban J connectivity index is 1.36. The molecule has 0 radical (unpaired) electrons. The van der Waals surface area contributed by atoms with Crippen LogP contribution in [0.2, 0.25) is 0 Å². The smallest absolute Gasteiger partial charge is 0.338 e. The van der Waals surface area contributed by atoms with Crippen molar-refractivity contribution in [1.82, 2.24) is 5.32 Å². The zero-order valence-corrected chi connectivity index (χ0v) is 34.9. The molecule has 4 aliphatic rings. The molecule has 3 aliphatic carbocycles. The van der Waals surface area contributed by atoms with E-state index in [0.717, 1.165) is 6.92 Å². The molecule has 2 bridgehead atoms. The van der Waals surface area contributed by atoms with Crippen LogP contribution >= 0.6 is 0 Å². The average molecular weight is 838 g/mol. The van der Waals surface area contributed by atoms with E-state index in [2.05, 4.69) is 5.32 Å². The molecule has 3 fully saturated rings. The first-order valence-electron chi connectivity index (χ1n) is 20.4. The monoisotopic (exact) mass is 837 g/mol. The Labute approximate surface area is 353 Å². The van der Waals surface area contributed by atoms with Crippen LogP contribution in [0.3, 0.4) is 0 Å². The van der Waals surface area contributed by atoms with Gasteiger partial charge in [-0.05, 0) is 66.7 Å². The first-order chi connectivity index (χ1) is 28.9. The van der Waals surface area contributed by atoms with Crippen LogP contribution in [-0.4, -0.2) is 94.6 Å². The summed E-state index contributed by atoms with van der Waals surface area (Å²) in [7, 11) is 0. The summed E-state index contributed by atoms with van der Waals surface area (Å²) in [5.74, 6) is -6.83. The van der Waals surface area contributed by atoms with Gasteiger partial charge in [0.05, 0.1) is 35.6 Å².